The molecule has 0 radical (unpaired) electrons. The molecule has 3 heteroatoms. The summed E-state index contributed by atoms with van der Waals surface area (Å²) >= 11 is 0. The zero-order valence-corrected chi connectivity index (χ0v) is 15.5. The van der Waals surface area contributed by atoms with Gasteiger partial charge in [-0.25, -0.2) is 0 Å². The summed E-state index contributed by atoms with van der Waals surface area (Å²) in [5.74, 6) is 0. The van der Waals surface area contributed by atoms with Crippen molar-refractivity contribution in [1.29, 1.82) is 0 Å². The number of anilines is 3. The number of benzene rings is 4. The Labute approximate surface area is 165 Å². The molecule has 0 aromatic heterocycles. The monoisotopic (exact) mass is 365 g/mol. The Morgan fingerprint density at radius 1 is 0.357 bits per heavy atom. The zero-order chi connectivity index (χ0) is 19.6. The van der Waals surface area contributed by atoms with Crippen LogP contribution < -0.4 is 17.2 Å². The van der Waals surface area contributed by atoms with E-state index in [-0.39, 0.29) is 0 Å². The Balaban J connectivity index is 2.11. The zero-order valence-electron chi connectivity index (χ0n) is 15.5. The molecular weight excluding hydrogens is 342 g/mol. The van der Waals surface area contributed by atoms with Crippen molar-refractivity contribution >= 4 is 17.1 Å². The Morgan fingerprint density at radius 3 is 0.964 bits per heavy atom. The second-order valence-electron chi connectivity index (χ2n) is 6.98. The number of nitrogen functional groups attached to an aromatic ring is 3. The maximum atomic E-state index is 5.99. The Bertz CT molecular complexity index is 941. The lowest BCUT2D eigenvalue weighted by atomic mass is 9.65. The first-order chi connectivity index (χ1) is 13.6. The van der Waals surface area contributed by atoms with Crippen LogP contribution in [-0.4, -0.2) is 0 Å². The van der Waals surface area contributed by atoms with Crippen LogP contribution in [0.15, 0.2) is 103 Å². The van der Waals surface area contributed by atoms with Gasteiger partial charge in [-0.2, -0.15) is 0 Å². The first-order valence-corrected chi connectivity index (χ1v) is 9.24. The lowest BCUT2D eigenvalue weighted by Crippen LogP contribution is -2.31. The van der Waals surface area contributed by atoms with E-state index in [9.17, 15) is 0 Å². The molecule has 6 N–H and O–H groups in total. The third-order valence-electron chi connectivity index (χ3n) is 5.24. The number of hydrogen-bond donors (Lipinski definition) is 3. The van der Waals surface area contributed by atoms with Gasteiger partial charge in [-0.1, -0.05) is 66.7 Å². The maximum absolute atomic E-state index is 5.99. The Kier molecular flexibility index (Phi) is 4.50. The van der Waals surface area contributed by atoms with Crippen LogP contribution in [0.3, 0.4) is 0 Å². The fraction of sp³-hybridized carbons (Fsp3) is 0.0400. The van der Waals surface area contributed by atoms with E-state index in [0.29, 0.717) is 0 Å². The van der Waals surface area contributed by atoms with E-state index in [0.717, 1.165) is 39.3 Å². The highest BCUT2D eigenvalue weighted by molar-refractivity contribution is 5.63. The second kappa shape index (κ2) is 7.12. The van der Waals surface area contributed by atoms with Gasteiger partial charge in [0.2, 0.25) is 0 Å². The van der Waals surface area contributed by atoms with Gasteiger partial charge in [-0.3, -0.25) is 0 Å². The van der Waals surface area contributed by atoms with Gasteiger partial charge < -0.3 is 17.2 Å². The van der Waals surface area contributed by atoms with Crippen LogP contribution in [0, 0.1) is 0 Å². The molecule has 0 amide bonds. The fourth-order valence-electron chi connectivity index (χ4n) is 3.89. The molecule has 0 aliphatic rings. The van der Waals surface area contributed by atoms with Gasteiger partial charge in [0.25, 0.3) is 0 Å². The molecule has 0 bridgehead atoms. The molecule has 4 aromatic rings. The van der Waals surface area contributed by atoms with Crippen molar-refractivity contribution in [2.45, 2.75) is 5.41 Å². The van der Waals surface area contributed by atoms with Crippen LogP contribution in [-0.2, 0) is 5.41 Å². The number of rotatable bonds is 4. The SMILES string of the molecule is Nc1ccc(C(c2ccccc2)(c2ccc(N)cc2)c2ccc(N)cc2)cc1. The first kappa shape index (κ1) is 17.7. The van der Waals surface area contributed by atoms with Crippen molar-refractivity contribution in [3.8, 4) is 0 Å². The molecule has 0 unspecified atom stereocenters. The summed E-state index contributed by atoms with van der Waals surface area (Å²) in [4.78, 5) is 0. The van der Waals surface area contributed by atoms with Crippen molar-refractivity contribution in [3.63, 3.8) is 0 Å². The summed E-state index contributed by atoms with van der Waals surface area (Å²) in [5.41, 5.74) is 24.2. The molecule has 0 saturated carbocycles. The van der Waals surface area contributed by atoms with Gasteiger partial charge in [-0.05, 0) is 58.7 Å². The molecule has 0 spiro atoms. The minimum absolute atomic E-state index is 0.517. The van der Waals surface area contributed by atoms with Crippen LogP contribution in [0.1, 0.15) is 22.3 Å². The minimum Gasteiger partial charge on any atom is -0.399 e. The van der Waals surface area contributed by atoms with Crippen LogP contribution >= 0.6 is 0 Å². The minimum atomic E-state index is -0.517. The molecule has 0 aliphatic heterocycles. The van der Waals surface area contributed by atoms with Gasteiger partial charge in [0.15, 0.2) is 0 Å². The van der Waals surface area contributed by atoms with Crippen LogP contribution in [0.2, 0.25) is 0 Å². The molecule has 0 fully saturated rings. The average molecular weight is 365 g/mol. The third kappa shape index (κ3) is 2.97. The van der Waals surface area contributed by atoms with E-state index in [1.807, 2.05) is 42.5 Å². The van der Waals surface area contributed by atoms with Crippen molar-refractivity contribution < 1.29 is 0 Å². The summed E-state index contributed by atoms with van der Waals surface area (Å²) in [6, 6.07) is 34.7. The largest absolute Gasteiger partial charge is 0.399 e. The maximum Gasteiger partial charge on any atom is 0.0701 e. The van der Waals surface area contributed by atoms with Crippen molar-refractivity contribution in [1.82, 2.24) is 0 Å². The van der Waals surface area contributed by atoms with E-state index < -0.39 is 5.41 Å². The highest BCUT2D eigenvalue weighted by Gasteiger charge is 2.38. The van der Waals surface area contributed by atoms with Gasteiger partial charge in [-0.15, -0.1) is 0 Å². The number of nitrogens with two attached hydrogens (primary N) is 3. The summed E-state index contributed by atoms with van der Waals surface area (Å²) in [6.07, 6.45) is 0. The normalized spacial score (nSPS) is 11.3. The molecular formula is C25H23N3. The average Bonchev–Trinajstić information content (AvgIpc) is 2.73. The Morgan fingerprint density at radius 2 is 0.643 bits per heavy atom. The predicted molar refractivity (Wildman–Crippen MR) is 118 cm³/mol. The molecule has 4 rings (SSSR count). The van der Waals surface area contributed by atoms with Crippen LogP contribution in [0.4, 0.5) is 17.1 Å². The molecule has 0 aliphatic carbocycles. The van der Waals surface area contributed by atoms with Crippen LogP contribution in [0.5, 0.6) is 0 Å². The van der Waals surface area contributed by atoms with E-state index in [4.69, 9.17) is 17.2 Å². The highest BCUT2D eigenvalue weighted by atomic mass is 14.6. The van der Waals surface area contributed by atoms with E-state index >= 15 is 0 Å². The molecule has 4 aromatic carbocycles. The van der Waals surface area contributed by atoms with Crippen molar-refractivity contribution in [2.24, 2.45) is 0 Å². The van der Waals surface area contributed by atoms with Gasteiger partial charge in [0, 0.05) is 17.1 Å². The quantitative estimate of drug-likeness (QED) is 0.358. The van der Waals surface area contributed by atoms with E-state index in [2.05, 4.69) is 60.7 Å². The standard InChI is InChI=1S/C25H23N3/c26-22-12-6-19(7-13-22)25(18-4-2-1-3-5-18,20-8-14-23(27)15-9-20)21-10-16-24(28)17-11-21/h1-17H,26-28H2. The predicted octanol–water partition coefficient (Wildman–Crippen LogP) is 4.82. The second-order valence-corrected chi connectivity index (χ2v) is 6.98. The van der Waals surface area contributed by atoms with Crippen LogP contribution in [0.25, 0.3) is 0 Å². The highest BCUT2D eigenvalue weighted by Crippen LogP contribution is 2.45. The lowest BCUT2D eigenvalue weighted by molar-refractivity contribution is 0.745. The molecule has 0 atom stereocenters. The fourth-order valence-corrected chi connectivity index (χ4v) is 3.89. The van der Waals surface area contributed by atoms with Crippen molar-refractivity contribution in [3.05, 3.63) is 125 Å². The number of hydrogen-bond acceptors (Lipinski definition) is 3. The molecule has 28 heavy (non-hydrogen) atoms. The van der Waals surface area contributed by atoms with E-state index in [1.165, 1.54) is 0 Å². The first-order valence-electron chi connectivity index (χ1n) is 9.24. The van der Waals surface area contributed by atoms with Crippen molar-refractivity contribution in [2.75, 3.05) is 17.2 Å². The summed E-state index contributed by atoms with van der Waals surface area (Å²) in [7, 11) is 0. The summed E-state index contributed by atoms with van der Waals surface area (Å²) in [5, 5.41) is 0. The van der Waals surface area contributed by atoms with Gasteiger partial charge in [0.05, 0.1) is 5.41 Å². The topological polar surface area (TPSA) is 78.1 Å². The molecule has 3 nitrogen and oxygen atoms in total. The summed E-state index contributed by atoms with van der Waals surface area (Å²) in [6.45, 7) is 0. The summed E-state index contributed by atoms with van der Waals surface area (Å²) < 4.78 is 0. The molecule has 0 heterocycles. The lowest BCUT2D eigenvalue weighted by Gasteiger charge is -2.37. The van der Waals surface area contributed by atoms with Gasteiger partial charge >= 0.3 is 0 Å². The third-order valence-corrected chi connectivity index (χ3v) is 5.24. The molecule has 138 valence electrons. The van der Waals surface area contributed by atoms with Gasteiger partial charge in [0.1, 0.15) is 0 Å². The smallest absolute Gasteiger partial charge is 0.0701 e. The Hall–Kier alpha value is -3.72. The molecule has 0 saturated heterocycles. The van der Waals surface area contributed by atoms with E-state index in [1.54, 1.807) is 0 Å².